The van der Waals surface area contributed by atoms with Crippen LogP contribution in [0.5, 0.6) is 0 Å². The second kappa shape index (κ2) is 10.8. The molecule has 0 aliphatic carbocycles. The highest BCUT2D eigenvalue weighted by molar-refractivity contribution is 8.14. The molecular weight excluding hydrogens is 314 g/mol. The van der Waals surface area contributed by atoms with E-state index in [1.807, 2.05) is 30.3 Å². The summed E-state index contributed by atoms with van der Waals surface area (Å²) in [6.45, 7) is 2.06. The van der Waals surface area contributed by atoms with Gasteiger partial charge in [0.25, 0.3) is 0 Å². The number of hydrogen-bond acceptors (Lipinski definition) is 4. The number of carboxylic acid groups (broad SMARTS) is 1. The maximum Gasteiger partial charge on any atom is 0.313 e. The maximum atomic E-state index is 12.2. The van der Waals surface area contributed by atoms with Gasteiger partial charge in [0.1, 0.15) is 6.04 Å². The average Bonchev–Trinajstić information content (AvgIpc) is 2.53. The largest absolute Gasteiger partial charge is 0.481 e. The molecule has 5 nitrogen and oxygen atoms in total. The molecule has 1 atom stereocenters. The quantitative estimate of drug-likeness (QED) is 0.641. The van der Waals surface area contributed by atoms with Crippen molar-refractivity contribution in [1.82, 2.24) is 5.32 Å². The lowest BCUT2D eigenvalue weighted by Gasteiger charge is -2.17. The third-order valence-corrected chi connectivity index (χ3v) is 4.21. The van der Waals surface area contributed by atoms with Crippen molar-refractivity contribution >= 4 is 28.8 Å². The fraction of sp³-hybridized carbons (Fsp3) is 0.471. The van der Waals surface area contributed by atoms with Crippen molar-refractivity contribution in [3.63, 3.8) is 0 Å². The summed E-state index contributed by atoms with van der Waals surface area (Å²) >= 11 is 0.729. The van der Waals surface area contributed by atoms with Gasteiger partial charge in [0.05, 0.1) is 5.75 Å². The first-order valence-corrected chi connectivity index (χ1v) is 8.73. The van der Waals surface area contributed by atoms with Crippen LogP contribution < -0.4 is 5.32 Å². The second-order valence-electron chi connectivity index (χ2n) is 5.27. The summed E-state index contributed by atoms with van der Waals surface area (Å²) in [4.78, 5) is 34.8. The zero-order valence-corrected chi connectivity index (χ0v) is 14.1. The van der Waals surface area contributed by atoms with Gasteiger partial charge >= 0.3 is 5.97 Å². The van der Waals surface area contributed by atoms with E-state index in [0.29, 0.717) is 12.8 Å². The lowest BCUT2D eigenvalue weighted by molar-refractivity contribution is -0.134. The molecule has 1 aromatic rings. The van der Waals surface area contributed by atoms with Gasteiger partial charge in [-0.25, -0.2) is 0 Å². The van der Waals surface area contributed by atoms with Crippen LogP contribution in [0.1, 0.15) is 38.2 Å². The van der Waals surface area contributed by atoms with Gasteiger partial charge in [-0.15, -0.1) is 0 Å². The molecule has 0 aliphatic rings. The number of carbonyl (C=O) groups is 3. The summed E-state index contributed by atoms with van der Waals surface area (Å²) in [5, 5.41) is 11.1. The molecule has 126 valence electrons. The highest BCUT2D eigenvalue weighted by atomic mass is 32.2. The zero-order chi connectivity index (χ0) is 17.1. The number of aliphatic carboxylic acids is 1. The van der Waals surface area contributed by atoms with Gasteiger partial charge in [-0.05, 0) is 12.0 Å². The summed E-state index contributed by atoms with van der Waals surface area (Å²) in [6, 6.07) is 8.67. The minimum atomic E-state index is -1.05. The van der Waals surface area contributed by atoms with E-state index < -0.39 is 12.0 Å². The number of benzene rings is 1. The van der Waals surface area contributed by atoms with Crippen molar-refractivity contribution in [2.45, 2.75) is 45.1 Å². The number of amides is 1. The molecule has 0 heterocycles. The monoisotopic (exact) mass is 337 g/mol. The predicted octanol–water partition coefficient (Wildman–Crippen LogP) is 2.64. The van der Waals surface area contributed by atoms with Crippen LogP contribution in [0.3, 0.4) is 0 Å². The number of thioether (sulfide) groups is 1. The van der Waals surface area contributed by atoms with E-state index >= 15 is 0 Å². The van der Waals surface area contributed by atoms with Gasteiger partial charge in [0.15, 0.2) is 0 Å². The van der Waals surface area contributed by atoms with Crippen LogP contribution >= 0.6 is 11.8 Å². The molecule has 0 radical (unpaired) electrons. The lowest BCUT2D eigenvalue weighted by Crippen LogP contribution is -2.41. The van der Waals surface area contributed by atoms with Crippen molar-refractivity contribution in [3.8, 4) is 0 Å². The van der Waals surface area contributed by atoms with Gasteiger partial charge in [-0.1, -0.05) is 61.9 Å². The Kier molecular flexibility index (Phi) is 9.05. The molecule has 0 unspecified atom stereocenters. The molecule has 0 saturated heterocycles. The SMILES string of the molecule is CCCCCC(=O)N[C@@H](Cc1ccccc1)C(=O)SCC(=O)O. The van der Waals surface area contributed by atoms with E-state index in [9.17, 15) is 14.4 Å². The fourth-order valence-electron chi connectivity index (χ4n) is 2.08. The molecule has 1 aromatic carbocycles. The standard InChI is InChI=1S/C17H23NO4S/c1-2-3-5-10-15(19)18-14(17(22)23-12-16(20)21)11-13-8-6-4-7-9-13/h4,6-9,14H,2-3,5,10-12H2,1H3,(H,18,19)(H,20,21)/t14-/m0/s1. The zero-order valence-electron chi connectivity index (χ0n) is 13.3. The highest BCUT2D eigenvalue weighted by Gasteiger charge is 2.22. The number of hydrogen-bond donors (Lipinski definition) is 2. The normalized spacial score (nSPS) is 11.7. The van der Waals surface area contributed by atoms with Gasteiger partial charge < -0.3 is 10.4 Å². The van der Waals surface area contributed by atoms with Gasteiger partial charge in [0, 0.05) is 12.8 Å². The van der Waals surface area contributed by atoms with Crippen LogP contribution in [0.2, 0.25) is 0 Å². The van der Waals surface area contributed by atoms with E-state index in [-0.39, 0.29) is 16.8 Å². The van der Waals surface area contributed by atoms with E-state index in [1.165, 1.54) is 0 Å². The first kappa shape index (κ1) is 19.2. The summed E-state index contributed by atoms with van der Waals surface area (Å²) in [7, 11) is 0. The predicted molar refractivity (Wildman–Crippen MR) is 91.3 cm³/mol. The average molecular weight is 337 g/mol. The highest BCUT2D eigenvalue weighted by Crippen LogP contribution is 2.12. The molecule has 23 heavy (non-hydrogen) atoms. The van der Waals surface area contributed by atoms with Crippen molar-refractivity contribution in [3.05, 3.63) is 35.9 Å². The minimum absolute atomic E-state index is 0.163. The van der Waals surface area contributed by atoms with E-state index in [1.54, 1.807) is 0 Å². The Bertz CT molecular complexity index is 519. The molecule has 0 aromatic heterocycles. The smallest absolute Gasteiger partial charge is 0.313 e. The first-order valence-electron chi connectivity index (χ1n) is 7.74. The van der Waals surface area contributed by atoms with E-state index in [2.05, 4.69) is 12.2 Å². The van der Waals surface area contributed by atoms with Crippen LogP contribution in [-0.2, 0) is 20.8 Å². The van der Waals surface area contributed by atoms with Crippen LogP contribution in [0, 0.1) is 0 Å². The Morgan fingerprint density at radius 3 is 2.48 bits per heavy atom. The van der Waals surface area contributed by atoms with Crippen molar-refractivity contribution in [2.75, 3.05) is 5.75 Å². The summed E-state index contributed by atoms with van der Waals surface area (Å²) in [5.74, 6) is -1.50. The van der Waals surface area contributed by atoms with Crippen LogP contribution in [0.4, 0.5) is 0 Å². The minimum Gasteiger partial charge on any atom is -0.481 e. The molecule has 1 amide bonds. The molecule has 2 N–H and O–H groups in total. The van der Waals surface area contributed by atoms with Gasteiger partial charge in [-0.2, -0.15) is 0 Å². The lowest BCUT2D eigenvalue weighted by atomic mass is 10.1. The summed E-state index contributed by atoms with van der Waals surface area (Å²) < 4.78 is 0. The van der Waals surface area contributed by atoms with Crippen LogP contribution in [-0.4, -0.2) is 33.9 Å². The van der Waals surface area contributed by atoms with Crippen LogP contribution in [0.25, 0.3) is 0 Å². The van der Waals surface area contributed by atoms with Crippen molar-refractivity contribution in [2.24, 2.45) is 0 Å². The van der Waals surface area contributed by atoms with E-state index in [0.717, 1.165) is 36.6 Å². The maximum absolute atomic E-state index is 12.2. The Labute approximate surface area is 140 Å². The molecule has 0 bridgehead atoms. The summed E-state index contributed by atoms with van der Waals surface area (Å²) in [6.07, 6.45) is 3.53. The Morgan fingerprint density at radius 1 is 1.17 bits per heavy atom. The number of nitrogens with one attached hydrogen (secondary N) is 1. The Hall–Kier alpha value is -1.82. The van der Waals surface area contributed by atoms with Crippen LogP contribution in [0.15, 0.2) is 30.3 Å². The fourth-order valence-corrected chi connectivity index (χ4v) is 2.69. The van der Waals surface area contributed by atoms with Crippen molar-refractivity contribution < 1.29 is 19.5 Å². The molecule has 0 fully saturated rings. The number of rotatable bonds is 10. The van der Waals surface area contributed by atoms with E-state index in [4.69, 9.17) is 5.11 Å². The second-order valence-corrected chi connectivity index (χ2v) is 6.25. The summed E-state index contributed by atoms with van der Waals surface area (Å²) in [5.41, 5.74) is 0.927. The molecule has 1 rings (SSSR count). The number of carbonyl (C=O) groups excluding carboxylic acids is 2. The van der Waals surface area contributed by atoms with Gasteiger partial charge in [0.2, 0.25) is 11.0 Å². The Morgan fingerprint density at radius 2 is 1.87 bits per heavy atom. The number of carboxylic acids is 1. The molecule has 0 aliphatic heterocycles. The topological polar surface area (TPSA) is 83.5 Å². The molecule has 0 saturated carbocycles. The first-order chi connectivity index (χ1) is 11.0. The third kappa shape index (κ3) is 8.40. The number of unbranched alkanes of at least 4 members (excludes halogenated alkanes) is 2. The Balaban J connectivity index is 2.65. The molecular formula is C17H23NO4S. The molecule has 0 spiro atoms. The third-order valence-electron chi connectivity index (χ3n) is 3.25. The van der Waals surface area contributed by atoms with Gasteiger partial charge in [-0.3, -0.25) is 14.4 Å². The van der Waals surface area contributed by atoms with Crippen molar-refractivity contribution in [1.29, 1.82) is 0 Å². The molecule has 6 heteroatoms.